The van der Waals surface area contributed by atoms with Crippen LogP contribution in [-0.2, 0) is 11.3 Å². The number of rotatable bonds is 7. The lowest BCUT2D eigenvalue weighted by atomic mass is 10.0. The highest BCUT2D eigenvalue weighted by molar-refractivity contribution is 9.10. The summed E-state index contributed by atoms with van der Waals surface area (Å²) in [4.78, 5) is 19.8. The number of aromatic nitrogens is 2. The fourth-order valence-corrected chi connectivity index (χ4v) is 5.14. The van der Waals surface area contributed by atoms with Gasteiger partial charge in [0, 0.05) is 29.0 Å². The number of halogens is 1. The Labute approximate surface area is 208 Å². The summed E-state index contributed by atoms with van der Waals surface area (Å²) >= 11 is 3.52. The standard InChI is InChI=1S/C28H28BrN3O2/c1-19(2)23-10-3-6-13-26(23)34-15-14-31-25-12-5-4-11-24(25)30-28(31)20-16-27(33)32(18-20)22-9-7-8-21(29)17-22/h3-13,17,19-20H,14-16,18H2,1-2H3. The number of ether oxygens (including phenoxy) is 1. The third kappa shape index (κ3) is 4.47. The number of benzene rings is 3. The largest absolute Gasteiger partial charge is 0.491 e. The Hall–Kier alpha value is -3.12. The summed E-state index contributed by atoms with van der Waals surface area (Å²) in [6, 6.07) is 24.3. The lowest BCUT2D eigenvalue weighted by molar-refractivity contribution is -0.117. The van der Waals surface area contributed by atoms with Crippen molar-refractivity contribution in [1.29, 1.82) is 0 Å². The van der Waals surface area contributed by atoms with Gasteiger partial charge < -0.3 is 14.2 Å². The molecule has 3 aromatic carbocycles. The zero-order valence-corrected chi connectivity index (χ0v) is 21.0. The molecule has 1 atom stereocenters. The average molecular weight is 518 g/mol. The van der Waals surface area contributed by atoms with E-state index in [0.717, 1.165) is 32.8 Å². The Morgan fingerprint density at radius 3 is 2.68 bits per heavy atom. The average Bonchev–Trinajstić information content (AvgIpc) is 3.40. The van der Waals surface area contributed by atoms with E-state index in [0.29, 0.717) is 32.0 Å². The Kier molecular flexibility index (Phi) is 6.42. The maximum Gasteiger partial charge on any atom is 0.227 e. The van der Waals surface area contributed by atoms with Crippen molar-refractivity contribution in [3.8, 4) is 5.75 Å². The van der Waals surface area contributed by atoms with Crippen LogP contribution in [0.3, 0.4) is 0 Å². The first-order valence-corrected chi connectivity index (χ1v) is 12.5. The van der Waals surface area contributed by atoms with Gasteiger partial charge in [0.05, 0.1) is 17.6 Å². The van der Waals surface area contributed by atoms with Crippen LogP contribution < -0.4 is 9.64 Å². The first-order chi connectivity index (χ1) is 16.5. The summed E-state index contributed by atoms with van der Waals surface area (Å²) in [6.07, 6.45) is 0.451. The van der Waals surface area contributed by atoms with E-state index in [9.17, 15) is 4.79 Å². The van der Waals surface area contributed by atoms with Gasteiger partial charge in [0.15, 0.2) is 0 Å². The van der Waals surface area contributed by atoms with E-state index in [1.54, 1.807) is 0 Å². The SMILES string of the molecule is CC(C)c1ccccc1OCCn1c(C2CC(=O)N(c3cccc(Br)c3)C2)nc2ccccc21. The van der Waals surface area contributed by atoms with Crippen molar-refractivity contribution in [2.45, 2.75) is 38.6 Å². The molecule has 5 rings (SSSR count). The fourth-order valence-electron chi connectivity index (χ4n) is 4.75. The predicted molar refractivity (Wildman–Crippen MR) is 140 cm³/mol. The van der Waals surface area contributed by atoms with Gasteiger partial charge in [-0.1, -0.05) is 66.2 Å². The normalized spacial score (nSPS) is 16.1. The molecule has 0 bridgehead atoms. The minimum Gasteiger partial charge on any atom is -0.491 e. The molecule has 0 radical (unpaired) electrons. The number of fused-ring (bicyclic) bond motifs is 1. The first kappa shape index (κ1) is 22.7. The minimum absolute atomic E-state index is 0.0295. The number of amides is 1. The summed E-state index contributed by atoms with van der Waals surface area (Å²) in [5.41, 5.74) is 4.16. The minimum atomic E-state index is 0.0295. The van der Waals surface area contributed by atoms with Crippen LogP contribution in [0.4, 0.5) is 5.69 Å². The molecular weight excluding hydrogens is 490 g/mol. The van der Waals surface area contributed by atoms with Crippen LogP contribution in [0.25, 0.3) is 11.0 Å². The molecule has 1 saturated heterocycles. The van der Waals surface area contributed by atoms with Gasteiger partial charge in [0.2, 0.25) is 5.91 Å². The van der Waals surface area contributed by atoms with E-state index in [-0.39, 0.29) is 11.8 Å². The van der Waals surface area contributed by atoms with E-state index in [1.165, 1.54) is 5.56 Å². The van der Waals surface area contributed by atoms with Crippen molar-refractivity contribution < 1.29 is 9.53 Å². The number of hydrogen-bond acceptors (Lipinski definition) is 3. The summed E-state index contributed by atoms with van der Waals surface area (Å²) in [6.45, 7) is 6.18. The molecule has 1 aromatic heterocycles. The van der Waals surface area contributed by atoms with Crippen molar-refractivity contribution in [1.82, 2.24) is 9.55 Å². The van der Waals surface area contributed by atoms with Gasteiger partial charge in [-0.3, -0.25) is 4.79 Å². The van der Waals surface area contributed by atoms with E-state index in [1.807, 2.05) is 59.5 Å². The van der Waals surface area contributed by atoms with Gasteiger partial charge in [-0.25, -0.2) is 4.98 Å². The molecule has 0 saturated carbocycles. The van der Waals surface area contributed by atoms with Crippen LogP contribution in [0.5, 0.6) is 5.75 Å². The van der Waals surface area contributed by atoms with Crippen LogP contribution in [0, 0.1) is 0 Å². The topological polar surface area (TPSA) is 47.4 Å². The summed E-state index contributed by atoms with van der Waals surface area (Å²) in [7, 11) is 0. The molecule has 0 N–H and O–H groups in total. The second kappa shape index (κ2) is 9.63. The van der Waals surface area contributed by atoms with Crippen LogP contribution in [0.15, 0.2) is 77.3 Å². The molecule has 5 nitrogen and oxygen atoms in total. The lowest BCUT2D eigenvalue weighted by Crippen LogP contribution is -2.24. The molecular formula is C28H28BrN3O2. The molecule has 2 heterocycles. The predicted octanol–water partition coefficient (Wildman–Crippen LogP) is 6.52. The highest BCUT2D eigenvalue weighted by atomic mass is 79.9. The van der Waals surface area contributed by atoms with Crippen LogP contribution >= 0.6 is 15.9 Å². The molecule has 4 aromatic rings. The molecule has 1 aliphatic heterocycles. The quantitative estimate of drug-likeness (QED) is 0.280. The molecule has 1 amide bonds. The number of carbonyl (C=O) groups is 1. The number of hydrogen-bond donors (Lipinski definition) is 0. The van der Waals surface area contributed by atoms with E-state index in [2.05, 4.69) is 52.5 Å². The van der Waals surface area contributed by atoms with Gasteiger partial charge in [0.25, 0.3) is 0 Å². The Morgan fingerprint density at radius 2 is 1.85 bits per heavy atom. The number of anilines is 1. The van der Waals surface area contributed by atoms with Crippen molar-refractivity contribution in [2.24, 2.45) is 0 Å². The van der Waals surface area contributed by atoms with Crippen molar-refractivity contribution >= 4 is 38.6 Å². The van der Waals surface area contributed by atoms with Gasteiger partial charge in [-0.05, 0) is 47.9 Å². The molecule has 1 aliphatic rings. The summed E-state index contributed by atoms with van der Waals surface area (Å²) < 4.78 is 9.43. The van der Waals surface area contributed by atoms with Gasteiger partial charge in [-0.15, -0.1) is 0 Å². The Morgan fingerprint density at radius 1 is 1.06 bits per heavy atom. The van der Waals surface area contributed by atoms with E-state index >= 15 is 0 Å². The highest BCUT2D eigenvalue weighted by Gasteiger charge is 2.34. The second-order valence-corrected chi connectivity index (χ2v) is 9.95. The van der Waals surface area contributed by atoms with E-state index in [4.69, 9.17) is 9.72 Å². The molecule has 6 heteroatoms. The Balaban J connectivity index is 1.40. The van der Waals surface area contributed by atoms with Crippen LogP contribution in [0.2, 0.25) is 0 Å². The van der Waals surface area contributed by atoms with Crippen LogP contribution in [0.1, 0.15) is 43.5 Å². The van der Waals surface area contributed by atoms with Gasteiger partial charge >= 0.3 is 0 Å². The number of nitrogens with zero attached hydrogens (tertiary/aromatic N) is 3. The van der Waals surface area contributed by atoms with Gasteiger partial charge in [-0.2, -0.15) is 0 Å². The smallest absolute Gasteiger partial charge is 0.227 e. The fraction of sp³-hybridized carbons (Fsp3) is 0.286. The first-order valence-electron chi connectivity index (χ1n) is 11.7. The number of imidazole rings is 1. The number of carbonyl (C=O) groups excluding carboxylic acids is 1. The zero-order chi connectivity index (χ0) is 23.7. The summed E-state index contributed by atoms with van der Waals surface area (Å²) in [5, 5.41) is 0. The van der Waals surface area contributed by atoms with Crippen molar-refractivity contribution in [3.05, 3.63) is 88.7 Å². The molecule has 0 spiro atoms. The highest BCUT2D eigenvalue weighted by Crippen LogP contribution is 2.34. The van der Waals surface area contributed by atoms with Crippen molar-refractivity contribution in [2.75, 3.05) is 18.1 Å². The monoisotopic (exact) mass is 517 g/mol. The van der Waals surface area contributed by atoms with Crippen molar-refractivity contribution in [3.63, 3.8) is 0 Å². The zero-order valence-electron chi connectivity index (χ0n) is 19.4. The second-order valence-electron chi connectivity index (χ2n) is 9.04. The van der Waals surface area contributed by atoms with Crippen LogP contribution in [-0.4, -0.2) is 28.6 Å². The number of para-hydroxylation sites is 3. The molecule has 1 fully saturated rings. The maximum atomic E-state index is 12.9. The third-order valence-electron chi connectivity index (χ3n) is 6.41. The lowest BCUT2D eigenvalue weighted by Gasteiger charge is -2.18. The van der Waals surface area contributed by atoms with Gasteiger partial charge in [0.1, 0.15) is 18.2 Å². The molecule has 174 valence electrons. The Bertz CT molecular complexity index is 1330. The third-order valence-corrected chi connectivity index (χ3v) is 6.90. The molecule has 0 aliphatic carbocycles. The summed E-state index contributed by atoms with van der Waals surface area (Å²) in [5.74, 6) is 2.44. The molecule has 1 unspecified atom stereocenters. The van der Waals surface area contributed by atoms with E-state index < -0.39 is 0 Å². The maximum absolute atomic E-state index is 12.9. The molecule has 34 heavy (non-hydrogen) atoms.